The van der Waals surface area contributed by atoms with E-state index in [0.29, 0.717) is 49.2 Å². The number of rotatable bonds is 6. The number of nitrogens with one attached hydrogen (secondary N) is 1. The molecule has 0 aliphatic rings. The van der Waals surface area contributed by atoms with E-state index in [9.17, 15) is 4.79 Å². The average Bonchev–Trinajstić information content (AvgIpc) is 3.23. The van der Waals surface area contributed by atoms with Crippen LogP contribution in [0.15, 0.2) is 70.6 Å². The van der Waals surface area contributed by atoms with Crippen LogP contribution in [0.5, 0.6) is 11.5 Å². The molecule has 172 valence electrons. The van der Waals surface area contributed by atoms with Gasteiger partial charge in [-0.2, -0.15) is 0 Å². The van der Waals surface area contributed by atoms with E-state index in [-0.39, 0.29) is 5.56 Å². The molecule has 5 aromatic rings. The average molecular weight is 512 g/mol. The Morgan fingerprint density at radius 2 is 1.76 bits per heavy atom. The number of benzene rings is 3. The van der Waals surface area contributed by atoms with Gasteiger partial charge in [0.05, 0.1) is 30.0 Å². The molecule has 6 nitrogen and oxygen atoms in total. The molecule has 2 aromatic heterocycles. The fourth-order valence-electron chi connectivity index (χ4n) is 3.81. The monoisotopic (exact) mass is 511 g/mol. The summed E-state index contributed by atoms with van der Waals surface area (Å²) in [6.45, 7) is 0. The van der Waals surface area contributed by atoms with Crippen LogP contribution in [0.3, 0.4) is 0 Å². The van der Waals surface area contributed by atoms with Crippen LogP contribution in [0.2, 0.25) is 10.0 Å². The molecule has 0 aliphatic heterocycles. The van der Waals surface area contributed by atoms with Crippen molar-refractivity contribution in [2.45, 2.75) is 10.9 Å². The summed E-state index contributed by atoms with van der Waals surface area (Å²) in [6.07, 6.45) is 0. The minimum absolute atomic E-state index is 0.204. The van der Waals surface area contributed by atoms with Crippen molar-refractivity contribution in [1.29, 1.82) is 0 Å². The quantitative estimate of drug-likeness (QED) is 0.208. The van der Waals surface area contributed by atoms with Gasteiger partial charge in [0, 0.05) is 22.7 Å². The van der Waals surface area contributed by atoms with E-state index >= 15 is 0 Å². The molecule has 0 aliphatic carbocycles. The number of ether oxygens (including phenoxy) is 2. The number of methoxy groups -OCH3 is 2. The largest absolute Gasteiger partial charge is 0.493 e. The van der Waals surface area contributed by atoms with Gasteiger partial charge in [0.15, 0.2) is 16.7 Å². The second-order valence-corrected chi connectivity index (χ2v) is 9.26. The Bertz CT molecular complexity index is 1600. The number of hydrogen-bond donors (Lipinski definition) is 1. The van der Waals surface area contributed by atoms with Crippen LogP contribution < -0.4 is 15.0 Å². The molecule has 9 heteroatoms. The summed E-state index contributed by atoms with van der Waals surface area (Å²) in [5, 5.41) is 2.42. The first kappa shape index (κ1) is 22.7. The van der Waals surface area contributed by atoms with Crippen molar-refractivity contribution in [3.8, 4) is 17.2 Å². The van der Waals surface area contributed by atoms with Crippen LogP contribution in [0.25, 0.3) is 27.6 Å². The van der Waals surface area contributed by atoms with Gasteiger partial charge in [0.2, 0.25) is 0 Å². The highest BCUT2D eigenvalue weighted by atomic mass is 35.5. The summed E-state index contributed by atoms with van der Waals surface area (Å²) in [5.74, 6) is 1.64. The Hall–Kier alpha value is -3.13. The van der Waals surface area contributed by atoms with Crippen molar-refractivity contribution >= 4 is 56.9 Å². The van der Waals surface area contributed by atoms with E-state index in [0.717, 1.165) is 16.5 Å². The highest BCUT2D eigenvalue weighted by molar-refractivity contribution is 7.98. The lowest BCUT2D eigenvalue weighted by Crippen LogP contribution is -2.22. The van der Waals surface area contributed by atoms with Crippen molar-refractivity contribution in [2.24, 2.45) is 0 Å². The van der Waals surface area contributed by atoms with E-state index < -0.39 is 0 Å². The topological polar surface area (TPSA) is 69.1 Å². The fourth-order valence-corrected chi connectivity index (χ4v) is 5.08. The van der Waals surface area contributed by atoms with Gasteiger partial charge in [0.25, 0.3) is 5.56 Å². The second-order valence-electron chi connectivity index (χ2n) is 7.51. The predicted octanol–water partition coefficient (Wildman–Crippen LogP) is 6.48. The third-order valence-electron chi connectivity index (χ3n) is 5.47. The number of H-pyrrole nitrogens is 1. The lowest BCUT2D eigenvalue weighted by molar-refractivity contribution is 0.354. The molecule has 5 rings (SSSR count). The van der Waals surface area contributed by atoms with Crippen molar-refractivity contribution in [3.05, 3.63) is 86.6 Å². The van der Waals surface area contributed by atoms with Crippen molar-refractivity contribution in [1.82, 2.24) is 14.5 Å². The van der Waals surface area contributed by atoms with Crippen LogP contribution in [-0.4, -0.2) is 28.8 Å². The van der Waals surface area contributed by atoms with Crippen LogP contribution in [-0.2, 0) is 5.75 Å². The van der Waals surface area contributed by atoms with E-state index in [4.69, 9.17) is 37.7 Å². The maximum absolute atomic E-state index is 13.8. The maximum Gasteiger partial charge on any atom is 0.283 e. The van der Waals surface area contributed by atoms with Gasteiger partial charge in [-0.3, -0.25) is 9.36 Å². The Labute approximate surface area is 209 Å². The minimum Gasteiger partial charge on any atom is -0.493 e. The zero-order chi connectivity index (χ0) is 23.8. The summed E-state index contributed by atoms with van der Waals surface area (Å²) < 4.78 is 12.4. The van der Waals surface area contributed by atoms with Gasteiger partial charge < -0.3 is 14.5 Å². The van der Waals surface area contributed by atoms with Crippen molar-refractivity contribution < 1.29 is 9.47 Å². The van der Waals surface area contributed by atoms with Gasteiger partial charge in [-0.05, 0) is 35.9 Å². The molecule has 0 fully saturated rings. The smallest absolute Gasteiger partial charge is 0.283 e. The number of nitrogens with zero attached hydrogens (tertiary/aromatic N) is 2. The number of hydrogen-bond acceptors (Lipinski definition) is 5. The first-order chi connectivity index (χ1) is 16.5. The normalized spacial score (nSPS) is 11.3. The first-order valence-corrected chi connectivity index (χ1v) is 12.1. The van der Waals surface area contributed by atoms with Gasteiger partial charge in [0.1, 0.15) is 11.0 Å². The molecule has 0 saturated carbocycles. The Morgan fingerprint density at radius 1 is 0.971 bits per heavy atom. The molecule has 0 unspecified atom stereocenters. The molecule has 34 heavy (non-hydrogen) atoms. The van der Waals surface area contributed by atoms with Gasteiger partial charge in [-0.1, -0.05) is 59.2 Å². The summed E-state index contributed by atoms with van der Waals surface area (Å²) in [6, 6.07) is 18.6. The van der Waals surface area contributed by atoms with Gasteiger partial charge in [-0.25, -0.2) is 4.98 Å². The molecule has 0 spiro atoms. The molecule has 0 bridgehead atoms. The molecule has 2 heterocycles. The van der Waals surface area contributed by atoms with Gasteiger partial charge in [-0.15, -0.1) is 0 Å². The summed E-state index contributed by atoms with van der Waals surface area (Å²) in [4.78, 5) is 21.9. The molecular weight excluding hydrogens is 493 g/mol. The number of para-hydroxylation sites is 1. The van der Waals surface area contributed by atoms with E-state index in [2.05, 4.69) is 4.98 Å². The molecular formula is C25H19Cl2N3O3S. The zero-order valence-electron chi connectivity index (χ0n) is 18.3. The second kappa shape index (κ2) is 9.25. The number of halogens is 2. The summed E-state index contributed by atoms with van der Waals surface area (Å²) in [5.41, 5.74) is 3.31. The van der Waals surface area contributed by atoms with Crippen molar-refractivity contribution in [3.63, 3.8) is 0 Å². The number of thioether (sulfide) groups is 1. The molecule has 0 atom stereocenters. The summed E-state index contributed by atoms with van der Waals surface area (Å²) >= 11 is 13.7. The van der Waals surface area contributed by atoms with Crippen LogP contribution in [0.1, 0.15) is 5.56 Å². The number of aromatic amines is 1. The number of fused-ring (bicyclic) bond motifs is 3. The first-order valence-electron chi connectivity index (χ1n) is 10.3. The Balaban J connectivity index is 1.70. The fraction of sp³-hybridized carbons (Fsp3) is 0.120. The lowest BCUT2D eigenvalue weighted by atomic mass is 10.2. The Kier molecular flexibility index (Phi) is 6.16. The highest BCUT2D eigenvalue weighted by Gasteiger charge is 2.18. The third-order valence-corrected chi connectivity index (χ3v) is 7.22. The van der Waals surface area contributed by atoms with Crippen molar-refractivity contribution in [2.75, 3.05) is 14.2 Å². The SMILES string of the molecule is COc1ccc(-n2c(SCc3ccc(Cl)c(Cl)c3)nc3c([nH]c4ccccc43)c2=O)cc1OC. The maximum atomic E-state index is 13.8. The zero-order valence-corrected chi connectivity index (χ0v) is 20.6. The lowest BCUT2D eigenvalue weighted by Gasteiger charge is -2.15. The standard InChI is InChI=1S/C25H19Cl2N3O3S/c1-32-20-10-8-15(12-21(20)33-2)30-24(31)23-22(16-5-3-4-6-19(16)28-23)29-25(30)34-13-14-7-9-17(26)18(27)11-14/h3-12,28H,13H2,1-2H3. The molecule has 0 amide bonds. The van der Waals surface area contributed by atoms with Crippen LogP contribution in [0, 0.1) is 0 Å². The summed E-state index contributed by atoms with van der Waals surface area (Å²) in [7, 11) is 3.13. The molecule has 1 N–H and O–H groups in total. The predicted molar refractivity (Wildman–Crippen MR) is 138 cm³/mol. The Morgan fingerprint density at radius 3 is 2.53 bits per heavy atom. The van der Waals surface area contributed by atoms with E-state index in [1.165, 1.54) is 11.8 Å². The van der Waals surface area contributed by atoms with Crippen LogP contribution >= 0.6 is 35.0 Å². The van der Waals surface area contributed by atoms with Crippen LogP contribution in [0.4, 0.5) is 0 Å². The van der Waals surface area contributed by atoms with E-state index in [1.807, 2.05) is 42.5 Å². The third kappa shape index (κ3) is 4.00. The highest BCUT2D eigenvalue weighted by Crippen LogP contribution is 2.33. The van der Waals surface area contributed by atoms with Gasteiger partial charge >= 0.3 is 0 Å². The number of aromatic nitrogens is 3. The van der Waals surface area contributed by atoms with E-state index in [1.54, 1.807) is 37.0 Å². The molecule has 0 radical (unpaired) electrons. The molecule has 0 saturated heterocycles. The molecule has 3 aromatic carbocycles. The minimum atomic E-state index is -0.204.